The van der Waals surface area contributed by atoms with Crippen LogP contribution in [0, 0.1) is 11.8 Å². The normalized spacial score (nSPS) is 19.8. The molecule has 0 bridgehead atoms. The average molecular weight is 195 g/mol. The standard InChI is InChI=1S/C7H11NO.ClH.H3NO/c9-8-7(5-1-2-5)6-3-4-6;;1-2/h5-6,9H,1-4H2;1H;2H,1H2. The van der Waals surface area contributed by atoms with Crippen molar-refractivity contribution in [1.82, 2.24) is 0 Å². The van der Waals surface area contributed by atoms with Crippen molar-refractivity contribution in [3.05, 3.63) is 0 Å². The van der Waals surface area contributed by atoms with E-state index in [1.807, 2.05) is 0 Å². The van der Waals surface area contributed by atoms with E-state index in [-0.39, 0.29) is 12.4 Å². The molecule has 2 aliphatic carbocycles. The Morgan fingerprint density at radius 1 is 1.08 bits per heavy atom. The Balaban J connectivity index is 0.000000378. The van der Waals surface area contributed by atoms with Crippen LogP contribution in [-0.4, -0.2) is 16.1 Å². The third-order valence-corrected chi connectivity index (χ3v) is 2.11. The zero-order valence-electron chi connectivity index (χ0n) is 6.81. The Hall–Kier alpha value is -0.320. The Bertz CT molecular complexity index is 141. The first-order chi connectivity index (χ1) is 5.42. The van der Waals surface area contributed by atoms with Crippen molar-refractivity contribution in [2.24, 2.45) is 22.9 Å². The Morgan fingerprint density at radius 2 is 1.42 bits per heavy atom. The fourth-order valence-corrected chi connectivity index (χ4v) is 1.25. The molecule has 0 amide bonds. The quantitative estimate of drug-likeness (QED) is 0.353. The highest BCUT2D eigenvalue weighted by Crippen LogP contribution is 2.41. The van der Waals surface area contributed by atoms with Gasteiger partial charge in [-0.15, -0.1) is 12.4 Å². The van der Waals surface area contributed by atoms with Gasteiger partial charge >= 0.3 is 0 Å². The number of nitrogens with zero attached hydrogens (tertiary/aromatic N) is 1. The molecular weight excluding hydrogens is 180 g/mol. The first-order valence-electron chi connectivity index (χ1n) is 3.89. The Labute approximate surface area is 77.8 Å². The number of nitrogens with two attached hydrogens (primary N) is 1. The van der Waals surface area contributed by atoms with Gasteiger partial charge < -0.3 is 10.4 Å². The van der Waals surface area contributed by atoms with Crippen LogP contribution in [0.4, 0.5) is 0 Å². The maximum Gasteiger partial charge on any atom is 0.0632 e. The molecule has 0 aromatic rings. The summed E-state index contributed by atoms with van der Waals surface area (Å²) in [6, 6.07) is 0. The Kier molecular flexibility index (Phi) is 5.20. The first kappa shape index (κ1) is 11.7. The lowest BCUT2D eigenvalue weighted by Crippen LogP contribution is -2.02. The number of hydrogen-bond donors (Lipinski definition) is 3. The summed E-state index contributed by atoms with van der Waals surface area (Å²) in [4.78, 5) is 0. The van der Waals surface area contributed by atoms with Gasteiger partial charge in [-0.05, 0) is 25.7 Å². The minimum atomic E-state index is 0. The molecule has 12 heavy (non-hydrogen) atoms. The van der Waals surface area contributed by atoms with Crippen LogP contribution < -0.4 is 5.90 Å². The van der Waals surface area contributed by atoms with E-state index in [4.69, 9.17) is 10.4 Å². The van der Waals surface area contributed by atoms with E-state index in [1.165, 1.54) is 25.7 Å². The fraction of sp³-hybridized carbons (Fsp3) is 0.857. The van der Waals surface area contributed by atoms with Gasteiger partial charge in [-0.2, -0.15) is 0 Å². The van der Waals surface area contributed by atoms with Crippen LogP contribution in [0.1, 0.15) is 25.7 Å². The minimum Gasteiger partial charge on any atom is -0.411 e. The summed E-state index contributed by atoms with van der Waals surface area (Å²) in [7, 11) is 0. The molecule has 2 fully saturated rings. The summed E-state index contributed by atoms with van der Waals surface area (Å²) < 4.78 is 0. The average Bonchev–Trinajstić information content (AvgIpc) is 2.88. The maximum atomic E-state index is 8.53. The summed E-state index contributed by atoms with van der Waals surface area (Å²) in [5, 5.41) is 18.4. The lowest BCUT2D eigenvalue weighted by molar-refractivity contribution is 0.311. The zero-order chi connectivity index (χ0) is 8.27. The van der Waals surface area contributed by atoms with Crippen molar-refractivity contribution in [1.29, 1.82) is 0 Å². The molecule has 0 aromatic carbocycles. The molecule has 0 heterocycles. The van der Waals surface area contributed by atoms with E-state index < -0.39 is 0 Å². The SMILES string of the molecule is Cl.NO.ON=C(C1CC1)C1CC1. The smallest absolute Gasteiger partial charge is 0.0632 e. The lowest BCUT2D eigenvalue weighted by Gasteiger charge is -1.94. The molecule has 0 aromatic heterocycles. The summed E-state index contributed by atoms with van der Waals surface area (Å²) >= 11 is 0. The first-order valence-corrected chi connectivity index (χ1v) is 3.89. The van der Waals surface area contributed by atoms with E-state index in [0.29, 0.717) is 11.8 Å². The summed E-state index contributed by atoms with van der Waals surface area (Å²) in [5.41, 5.74) is 1.09. The number of oxime groups is 1. The topological polar surface area (TPSA) is 78.8 Å². The highest BCUT2D eigenvalue weighted by molar-refractivity contribution is 5.92. The molecule has 72 valence electrons. The van der Waals surface area contributed by atoms with Gasteiger partial charge in [0.2, 0.25) is 0 Å². The number of hydrogen-bond acceptors (Lipinski definition) is 4. The molecule has 0 aliphatic heterocycles. The molecule has 2 aliphatic rings. The van der Waals surface area contributed by atoms with Crippen molar-refractivity contribution in [3.63, 3.8) is 0 Å². The number of rotatable bonds is 2. The zero-order valence-corrected chi connectivity index (χ0v) is 7.63. The van der Waals surface area contributed by atoms with Gasteiger partial charge in [0.1, 0.15) is 0 Å². The predicted molar refractivity (Wildman–Crippen MR) is 47.9 cm³/mol. The van der Waals surface area contributed by atoms with Crippen LogP contribution >= 0.6 is 12.4 Å². The van der Waals surface area contributed by atoms with E-state index in [1.54, 1.807) is 0 Å². The van der Waals surface area contributed by atoms with Crippen molar-refractivity contribution in [2.75, 3.05) is 0 Å². The lowest BCUT2D eigenvalue weighted by atomic mass is 10.2. The van der Waals surface area contributed by atoms with Gasteiger partial charge in [0.05, 0.1) is 5.71 Å². The van der Waals surface area contributed by atoms with Crippen LogP contribution in [0.25, 0.3) is 0 Å². The predicted octanol–water partition coefficient (Wildman–Crippen LogP) is 1.39. The van der Waals surface area contributed by atoms with E-state index >= 15 is 0 Å². The van der Waals surface area contributed by atoms with Crippen LogP contribution in [0.5, 0.6) is 0 Å². The Morgan fingerprint density at radius 3 is 1.58 bits per heavy atom. The molecule has 0 spiro atoms. The third-order valence-electron chi connectivity index (χ3n) is 2.11. The minimum absolute atomic E-state index is 0. The molecule has 0 saturated heterocycles. The molecule has 5 heteroatoms. The van der Waals surface area contributed by atoms with Crippen molar-refractivity contribution >= 4 is 18.1 Å². The summed E-state index contributed by atoms with van der Waals surface area (Å²) in [6.07, 6.45) is 5.04. The van der Waals surface area contributed by atoms with E-state index in [9.17, 15) is 0 Å². The second-order valence-corrected chi connectivity index (χ2v) is 3.07. The highest BCUT2D eigenvalue weighted by Gasteiger charge is 2.38. The van der Waals surface area contributed by atoms with Crippen LogP contribution in [-0.2, 0) is 0 Å². The molecule has 4 nitrogen and oxygen atoms in total. The second kappa shape index (κ2) is 5.35. The van der Waals surface area contributed by atoms with E-state index in [2.05, 4.69) is 11.1 Å². The van der Waals surface area contributed by atoms with Crippen LogP contribution in [0.3, 0.4) is 0 Å². The molecule has 2 rings (SSSR count). The molecule has 0 radical (unpaired) electrons. The van der Waals surface area contributed by atoms with E-state index in [0.717, 1.165) is 5.71 Å². The van der Waals surface area contributed by atoms with Gasteiger partial charge in [-0.3, -0.25) is 0 Å². The third kappa shape index (κ3) is 2.97. The van der Waals surface area contributed by atoms with Crippen LogP contribution in [0.15, 0.2) is 5.16 Å². The monoisotopic (exact) mass is 194 g/mol. The van der Waals surface area contributed by atoms with Crippen LogP contribution in [0.2, 0.25) is 0 Å². The highest BCUT2D eigenvalue weighted by atomic mass is 35.5. The van der Waals surface area contributed by atoms with Gasteiger partial charge in [0.15, 0.2) is 0 Å². The molecule has 0 unspecified atom stereocenters. The van der Waals surface area contributed by atoms with Crippen molar-refractivity contribution in [2.45, 2.75) is 25.7 Å². The summed E-state index contributed by atoms with van der Waals surface area (Å²) in [5.74, 6) is 4.84. The fourth-order valence-electron chi connectivity index (χ4n) is 1.25. The molecular formula is C7H15ClN2O2. The second-order valence-electron chi connectivity index (χ2n) is 3.07. The van der Waals surface area contributed by atoms with Gasteiger partial charge in [0, 0.05) is 11.8 Å². The molecule has 4 N–H and O–H groups in total. The van der Waals surface area contributed by atoms with Crippen molar-refractivity contribution < 1.29 is 10.4 Å². The van der Waals surface area contributed by atoms with Gasteiger partial charge in [0.25, 0.3) is 0 Å². The summed E-state index contributed by atoms with van der Waals surface area (Å²) in [6.45, 7) is 0. The molecule has 0 atom stereocenters. The van der Waals surface area contributed by atoms with Gasteiger partial charge in [-0.1, -0.05) is 5.16 Å². The largest absolute Gasteiger partial charge is 0.411 e. The number of halogens is 1. The maximum absolute atomic E-state index is 8.53. The van der Waals surface area contributed by atoms with Gasteiger partial charge in [-0.25, -0.2) is 5.90 Å². The van der Waals surface area contributed by atoms with Crippen molar-refractivity contribution in [3.8, 4) is 0 Å². The molecule has 2 saturated carbocycles.